The molecule has 2 atom stereocenters. The number of ketones is 1. The maximum Gasteiger partial charge on any atom is 0.336 e. The molecule has 1 aromatic carbocycles. The van der Waals surface area contributed by atoms with Crippen molar-refractivity contribution in [3.05, 3.63) is 80.3 Å². The summed E-state index contributed by atoms with van der Waals surface area (Å²) in [5, 5.41) is 5.13. The van der Waals surface area contributed by atoms with E-state index in [1.165, 1.54) is 7.11 Å². The highest BCUT2D eigenvalue weighted by Crippen LogP contribution is 2.46. The molecule has 0 fully saturated rings. The number of hydrogen-bond acceptors (Lipinski definition) is 5. The number of Topliss-reactive ketones (excluding diaryl/α,β-unsaturated/α-hetero) is 1. The number of halogens is 2. The van der Waals surface area contributed by atoms with Crippen LogP contribution in [0.15, 0.2) is 58.3 Å². The van der Waals surface area contributed by atoms with Gasteiger partial charge in [-0.3, -0.25) is 4.79 Å². The van der Waals surface area contributed by atoms with Crippen molar-refractivity contribution in [3.8, 4) is 0 Å². The molecule has 2 aromatic rings. The number of nitrogens with one attached hydrogen (secondary N) is 1. The number of rotatable bonds is 3. The topological polar surface area (TPSA) is 55.4 Å². The minimum atomic E-state index is -1.01. The highest BCUT2D eigenvalue weighted by molar-refractivity contribution is 7.10. The number of esters is 1. The Morgan fingerprint density at radius 3 is 2.72 bits per heavy atom. The predicted molar refractivity (Wildman–Crippen MR) is 105 cm³/mol. The van der Waals surface area contributed by atoms with E-state index < -0.39 is 23.5 Å². The van der Waals surface area contributed by atoms with Crippen molar-refractivity contribution in [2.24, 2.45) is 0 Å². The van der Waals surface area contributed by atoms with Gasteiger partial charge in [0.05, 0.1) is 18.6 Å². The number of carbonyl (C=O) groups excluding carboxylic acids is 2. The zero-order valence-electron chi connectivity index (χ0n) is 15.9. The van der Waals surface area contributed by atoms with E-state index in [1.807, 2.05) is 17.5 Å². The van der Waals surface area contributed by atoms with Crippen molar-refractivity contribution in [1.29, 1.82) is 0 Å². The van der Waals surface area contributed by atoms with E-state index >= 15 is 0 Å². The zero-order valence-corrected chi connectivity index (χ0v) is 16.7. The Morgan fingerprint density at radius 1 is 1.24 bits per heavy atom. The summed E-state index contributed by atoms with van der Waals surface area (Å²) in [7, 11) is 1.22. The third-order valence-corrected chi connectivity index (χ3v) is 6.48. The Balaban J connectivity index is 1.87. The molecule has 150 valence electrons. The Morgan fingerprint density at radius 2 is 2.03 bits per heavy atom. The summed E-state index contributed by atoms with van der Waals surface area (Å²) in [6, 6.07) is 7.00. The minimum absolute atomic E-state index is 0.0132. The first-order chi connectivity index (χ1) is 13.9. The molecular formula is C22H19F2NO3S. The number of carbonyl (C=O) groups is 2. The van der Waals surface area contributed by atoms with Gasteiger partial charge in [0.2, 0.25) is 0 Å². The van der Waals surface area contributed by atoms with E-state index in [2.05, 4.69) is 5.32 Å². The van der Waals surface area contributed by atoms with Gasteiger partial charge >= 0.3 is 5.97 Å². The van der Waals surface area contributed by atoms with Gasteiger partial charge in [-0.05, 0) is 43.0 Å². The molecule has 7 heteroatoms. The van der Waals surface area contributed by atoms with Crippen LogP contribution in [0.2, 0.25) is 0 Å². The second-order valence-corrected chi connectivity index (χ2v) is 8.17. The van der Waals surface area contributed by atoms with Crippen molar-refractivity contribution in [1.82, 2.24) is 5.32 Å². The summed E-state index contributed by atoms with van der Waals surface area (Å²) in [5.74, 6) is -3.16. The number of thiophene rings is 1. The number of dihydropyridines is 1. The highest BCUT2D eigenvalue weighted by Gasteiger charge is 2.42. The smallest absolute Gasteiger partial charge is 0.336 e. The lowest BCUT2D eigenvalue weighted by molar-refractivity contribution is -0.136. The maximum absolute atomic E-state index is 14.7. The molecule has 1 aliphatic heterocycles. The van der Waals surface area contributed by atoms with Crippen molar-refractivity contribution < 1.29 is 23.1 Å². The number of methoxy groups -OCH3 is 1. The summed E-state index contributed by atoms with van der Waals surface area (Å²) in [6.45, 7) is 1.68. The Bertz CT molecular complexity index is 1060. The van der Waals surface area contributed by atoms with Crippen molar-refractivity contribution >= 4 is 23.1 Å². The number of hydrogen-bond donors (Lipinski definition) is 1. The minimum Gasteiger partial charge on any atom is -0.466 e. The maximum atomic E-state index is 14.7. The largest absolute Gasteiger partial charge is 0.466 e. The van der Waals surface area contributed by atoms with Crippen molar-refractivity contribution in [2.45, 2.75) is 31.6 Å². The fraction of sp³-hybridized carbons (Fsp3) is 0.273. The summed E-state index contributed by atoms with van der Waals surface area (Å²) in [6.07, 6.45) is 0.808. The van der Waals surface area contributed by atoms with Crippen LogP contribution in [0.25, 0.3) is 0 Å². The molecule has 2 aliphatic rings. The van der Waals surface area contributed by atoms with Gasteiger partial charge in [0.25, 0.3) is 0 Å². The highest BCUT2D eigenvalue weighted by atomic mass is 32.1. The van der Waals surface area contributed by atoms with Gasteiger partial charge < -0.3 is 10.1 Å². The van der Waals surface area contributed by atoms with Crippen LogP contribution in [0, 0.1) is 11.6 Å². The van der Waals surface area contributed by atoms with Gasteiger partial charge in [0.1, 0.15) is 11.6 Å². The van der Waals surface area contributed by atoms with Crippen LogP contribution in [0.5, 0.6) is 0 Å². The number of benzene rings is 1. The Hall–Kier alpha value is -2.80. The predicted octanol–water partition coefficient (Wildman–Crippen LogP) is 4.56. The molecule has 2 heterocycles. The van der Waals surface area contributed by atoms with Gasteiger partial charge in [-0.1, -0.05) is 6.07 Å². The third-order valence-electron chi connectivity index (χ3n) is 5.45. The molecule has 4 rings (SSSR count). The SMILES string of the molecule is COC(=O)C1=C(C)NC2=C(C(=O)C[C@@H](c3cccs3)C2)[C@@H]1c1cc(F)ccc1F. The fourth-order valence-electron chi connectivity index (χ4n) is 4.19. The molecule has 0 radical (unpaired) electrons. The molecule has 29 heavy (non-hydrogen) atoms. The fourth-order valence-corrected chi connectivity index (χ4v) is 5.02. The van der Waals surface area contributed by atoms with Crippen LogP contribution in [-0.2, 0) is 14.3 Å². The van der Waals surface area contributed by atoms with E-state index in [0.29, 0.717) is 23.4 Å². The van der Waals surface area contributed by atoms with Crippen molar-refractivity contribution in [3.63, 3.8) is 0 Å². The summed E-state index contributed by atoms with van der Waals surface area (Å²) in [4.78, 5) is 26.8. The first kappa shape index (κ1) is 19.5. The Labute approximate surface area is 170 Å². The normalized spacial score (nSPS) is 21.7. The average molecular weight is 415 g/mol. The lowest BCUT2D eigenvalue weighted by Gasteiger charge is -2.36. The lowest BCUT2D eigenvalue weighted by atomic mass is 9.72. The average Bonchev–Trinajstić information content (AvgIpc) is 3.23. The second kappa shape index (κ2) is 7.55. The summed E-state index contributed by atoms with van der Waals surface area (Å²) in [5.41, 5.74) is 1.52. The molecule has 0 bridgehead atoms. The van der Waals surface area contributed by atoms with Crippen LogP contribution in [0.3, 0.4) is 0 Å². The number of allylic oxidation sites excluding steroid dienone is 3. The van der Waals surface area contributed by atoms with Crippen LogP contribution in [0.1, 0.15) is 42.0 Å². The first-order valence-electron chi connectivity index (χ1n) is 9.21. The van der Waals surface area contributed by atoms with Gasteiger partial charge in [-0.15, -0.1) is 11.3 Å². The van der Waals surface area contributed by atoms with Crippen LogP contribution < -0.4 is 5.32 Å². The molecule has 0 spiro atoms. The van der Waals surface area contributed by atoms with Gasteiger partial charge in [0, 0.05) is 39.7 Å². The molecular weight excluding hydrogens is 396 g/mol. The summed E-state index contributed by atoms with van der Waals surface area (Å²) >= 11 is 1.58. The van der Waals surface area contributed by atoms with Crippen LogP contribution in [-0.4, -0.2) is 18.9 Å². The first-order valence-corrected chi connectivity index (χ1v) is 10.1. The van der Waals surface area contributed by atoms with E-state index in [1.54, 1.807) is 18.3 Å². The molecule has 0 amide bonds. The van der Waals surface area contributed by atoms with E-state index in [4.69, 9.17) is 4.74 Å². The second-order valence-electron chi connectivity index (χ2n) is 7.19. The molecule has 1 N–H and O–H groups in total. The molecule has 0 saturated carbocycles. The zero-order chi connectivity index (χ0) is 20.7. The molecule has 0 unspecified atom stereocenters. The molecule has 0 saturated heterocycles. The lowest BCUT2D eigenvalue weighted by Crippen LogP contribution is -2.36. The molecule has 4 nitrogen and oxygen atoms in total. The summed E-state index contributed by atoms with van der Waals surface area (Å²) < 4.78 is 33.6. The number of ether oxygens (including phenoxy) is 1. The van der Waals surface area contributed by atoms with Gasteiger partial charge in [-0.25, -0.2) is 13.6 Å². The van der Waals surface area contributed by atoms with E-state index in [9.17, 15) is 18.4 Å². The standard InChI is InChI=1S/C22H19F2NO3S/c1-11-19(22(27)28-2)20(14-10-13(23)5-6-15(14)24)21-16(25-11)8-12(9-17(21)26)18-4-3-7-29-18/h3-7,10,12,20,25H,8-9H2,1-2H3/t12-,20+/m0/s1. The third kappa shape index (κ3) is 3.40. The molecule has 1 aromatic heterocycles. The Kier molecular flexibility index (Phi) is 5.08. The monoisotopic (exact) mass is 415 g/mol. The van der Waals surface area contributed by atoms with Gasteiger partial charge in [-0.2, -0.15) is 0 Å². The van der Waals surface area contributed by atoms with Crippen LogP contribution >= 0.6 is 11.3 Å². The van der Waals surface area contributed by atoms with E-state index in [-0.39, 0.29) is 29.3 Å². The van der Waals surface area contributed by atoms with Gasteiger partial charge in [0.15, 0.2) is 5.78 Å². The quantitative estimate of drug-likeness (QED) is 0.747. The van der Waals surface area contributed by atoms with Crippen molar-refractivity contribution in [2.75, 3.05) is 7.11 Å². The molecule has 1 aliphatic carbocycles. The van der Waals surface area contributed by atoms with E-state index in [0.717, 1.165) is 23.1 Å². The van der Waals surface area contributed by atoms with Crippen LogP contribution in [0.4, 0.5) is 8.78 Å².